The molecule has 0 spiro atoms. The first kappa shape index (κ1) is 15.0. The minimum absolute atomic E-state index is 0.394. The van der Waals surface area contributed by atoms with E-state index in [9.17, 15) is 5.11 Å². The first-order chi connectivity index (χ1) is 7.20. The minimum Gasteiger partial charge on any atom is -0.396 e. The third-order valence-electron chi connectivity index (χ3n) is 3.12. The van der Waals surface area contributed by atoms with Gasteiger partial charge < -0.3 is 5.11 Å². The van der Waals surface area contributed by atoms with Gasteiger partial charge in [-0.3, -0.25) is 0 Å². The van der Waals surface area contributed by atoms with Crippen LogP contribution in [0.3, 0.4) is 0 Å². The summed E-state index contributed by atoms with van der Waals surface area (Å²) < 4.78 is 0. The van der Waals surface area contributed by atoms with Crippen LogP contribution in [-0.2, 0) is 0 Å². The Balaban J connectivity index is 3.35. The maximum absolute atomic E-state index is 9.23. The molecule has 0 aromatic carbocycles. The van der Waals surface area contributed by atoms with Crippen LogP contribution >= 0.6 is 0 Å². The van der Waals surface area contributed by atoms with Crippen molar-refractivity contribution in [1.29, 1.82) is 0 Å². The Labute approximate surface area is 96.3 Å². The van der Waals surface area contributed by atoms with Crippen molar-refractivity contribution in [2.45, 2.75) is 72.1 Å². The molecule has 0 amide bonds. The molecule has 0 bridgehead atoms. The van der Waals surface area contributed by atoms with Gasteiger partial charge in [-0.2, -0.15) is 0 Å². The normalized spacial score (nSPS) is 13.4. The van der Waals surface area contributed by atoms with Crippen molar-refractivity contribution in [3.8, 4) is 0 Å². The topological polar surface area (TPSA) is 20.2 Å². The summed E-state index contributed by atoms with van der Waals surface area (Å²) in [5, 5.41) is 9.23. The van der Waals surface area contributed by atoms with Crippen molar-refractivity contribution in [3.05, 3.63) is 0 Å². The van der Waals surface area contributed by atoms with Crippen LogP contribution in [0.4, 0.5) is 0 Å². The van der Waals surface area contributed by atoms with E-state index in [0.717, 1.165) is 5.92 Å². The van der Waals surface area contributed by atoms with Crippen LogP contribution in [0.5, 0.6) is 0 Å². The monoisotopic (exact) mass is 214 g/mol. The van der Waals surface area contributed by atoms with Crippen LogP contribution in [0.25, 0.3) is 0 Å². The molecule has 1 atom stereocenters. The molecule has 0 aliphatic carbocycles. The lowest BCUT2D eigenvalue weighted by Crippen LogP contribution is -2.06. The van der Waals surface area contributed by atoms with Crippen LogP contribution in [0.1, 0.15) is 72.1 Å². The minimum atomic E-state index is 0.394. The highest BCUT2D eigenvalue weighted by Gasteiger charge is 2.06. The fraction of sp³-hybridized carbons (Fsp3) is 1.00. The Morgan fingerprint density at radius 3 is 1.87 bits per heavy atom. The van der Waals surface area contributed by atoms with Crippen molar-refractivity contribution < 1.29 is 5.11 Å². The predicted molar refractivity (Wildman–Crippen MR) is 68.0 cm³/mol. The van der Waals surface area contributed by atoms with E-state index in [1.165, 1.54) is 51.4 Å². The zero-order chi connectivity index (χ0) is 11.5. The highest BCUT2D eigenvalue weighted by Crippen LogP contribution is 2.18. The quantitative estimate of drug-likeness (QED) is 0.535. The van der Waals surface area contributed by atoms with Crippen molar-refractivity contribution in [2.75, 3.05) is 6.61 Å². The maximum atomic E-state index is 9.23. The van der Waals surface area contributed by atoms with Crippen molar-refractivity contribution in [2.24, 2.45) is 11.8 Å². The number of aliphatic hydroxyl groups is 1. The molecule has 0 aromatic rings. The van der Waals surface area contributed by atoms with E-state index < -0.39 is 0 Å². The van der Waals surface area contributed by atoms with E-state index in [1.54, 1.807) is 0 Å². The van der Waals surface area contributed by atoms with Crippen molar-refractivity contribution in [3.63, 3.8) is 0 Å². The van der Waals surface area contributed by atoms with Gasteiger partial charge >= 0.3 is 0 Å². The van der Waals surface area contributed by atoms with E-state index in [1.807, 2.05) is 0 Å². The molecule has 1 unspecified atom stereocenters. The molecule has 0 fully saturated rings. The van der Waals surface area contributed by atoms with Gasteiger partial charge in [0.05, 0.1) is 0 Å². The third kappa shape index (κ3) is 10.2. The summed E-state index contributed by atoms with van der Waals surface area (Å²) in [6.07, 6.45) is 10.3. The summed E-state index contributed by atoms with van der Waals surface area (Å²) in [6.45, 7) is 7.19. The molecular formula is C14H30O. The van der Waals surface area contributed by atoms with Gasteiger partial charge in [-0.1, -0.05) is 59.3 Å². The van der Waals surface area contributed by atoms with Crippen LogP contribution in [0, 0.1) is 11.8 Å². The zero-order valence-corrected chi connectivity index (χ0v) is 11.0. The zero-order valence-electron chi connectivity index (χ0n) is 11.0. The lowest BCUT2D eigenvalue weighted by atomic mass is 9.94. The van der Waals surface area contributed by atoms with E-state index >= 15 is 0 Å². The van der Waals surface area contributed by atoms with E-state index in [4.69, 9.17) is 0 Å². The van der Waals surface area contributed by atoms with Gasteiger partial charge in [0.1, 0.15) is 0 Å². The van der Waals surface area contributed by atoms with Gasteiger partial charge in [-0.25, -0.2) is 0 Å². The first-order valence-electron chi connectivity index (χ1n) is 6.81. The average molecular weight is 214 g/mol. The number of hydrogen-bond donors (Lipinski definition) is 1. The number of hydrogen-bond acceptors (Lipinski definition) is 1. The van der Waals surface area contributed by atoms with Gasteiger partial charge in [0, 0.05) is 6.61 Å². The lowest BCUT2D eigenvalue weighted by molar-refractivity contribution is 0.204. The molecule has 0 aliphatic rings. The second-order valence-electron chi connectivity index (χ2n) is 5.22. The third-order valence-corrected chi connectivity index (χ3v) is 3.12. The first-order valence-corrected chi connectivity index (χ1v) is 6.81. The molecule has 0 heterocycles. The Morgan fingerprint density at radius 1 is 0.867 bits per heavy atom. The Morgan fingerprint density at radius 2 is 1.40 bits per heavy atom. The summed E-state index contributed by atoms with van der Waals surface area (Å²) in [4.78, 5) is 0. The van der Waals surface area contributed by atoms with E-state index in [2.05, 4.69) is 20.8 Å². The van der Waals surface area contributed by atoms with Gasteiger partial charge in [-0.15, -0.1) is 0 Å². The molecule has 15 heavy (non-hydrogen) atoms. The molecule has 92 valence electrons. The summed E-state index contributed by atoms with van der Waals surface area (Å²) in [6, 6.07) is 0. The Bertz CT molecular complexity index is 121. The molecule has 0 rings (SSSR count). The second-order valence-corrected chi connectivity index (χ2v) is 5.22. The van der Waals surface area contributed by atoms with Crippen LogP contribution < -0.4 is 0 Å². The Kier molecular flexibility index (Phi) is 10.4. The lowest BCUT2D eigenvalue weighted by Gasteiger charge is -2.13. The van der Waals surface area contributed by atoms with E-state index in [-0.39, 0.29) is 0 Å². The maximum Gasteiger partial charge on any atom is 0.0459 e. The molecular weight excluding hydrogens is 184 g/mol. The summed E-state index contributed by atoms with van der Waals surface area (Å²) >= 11 is 0. The highest BCUT2D eigenvalue weighted by atomic mass is 16.3. The van der Waals surface area contributed by atoms with Gasteiger partial charge in [0.25, 0.3) is 0 Å². The SMILES string of the molecule is CCCCCC(CO)CCCCC(C)C. The number of unbranched alkanes of at least 4 members (excludes halogenated alkanes) is 3. The predicted octanol–water partition coefficient (Wildman–Crippen LogP) is 4.39. The van der Waals surface area contributed by atoms with Gasteiger partial charge in [0.15, 0.2) is 0 Å². The van der Waals surface area contributed by atoms with Gasteiger partial charge in [-0.05, 0) is 24.7 Å². The Hall–Kier alpha value is -0.0400. The van der Waals surface area contributed by atoms with Gasteiger partial charge in [0.2, 0.25) is 0 Å². The van der Waals surface area contributed by atoms with Crippen LogP contribution in [0.2, 0.25) is 0 Å². The van der Waals surface area contributed by atoms with E-state index in [0.29, 0.717) is 12.5 Å². The highest BCUT2D eigenvalue weighted by molar-refractivity contribution is 4.59. The van der Waals surface area contributed by atoms with Crippen molar-refractivity contribution >= 4 is 0 Å². The van der Waals surface area contributed by atoms with Crippen molar-refractivity contribution in [1.82, 2.24) is 0 Å². The second kappa shape index (κ2) is 10.5. The van der Waals surface area contributed by atoms with Crippen LogP contribution in [0.15, 0.2) is 0 Å². The average Bonchev–Trinajstić information content (AvgIpc) is 2.21. The summed E-state index contributed by atoms with van der Waals surface area (Å²) in [5.41, 5.74) is 0. The fourth-order valence-corrected chi connectivity index (χ4v) is 2.00. The van der Waals surface area contributed by atoms with Crippen LogP contribution in [-0.4, -0.2) is 11.7 Å². The molecule has 0 saturated carbocycles. The molecule has 0 aliphatic heterocycles. The largest absolute Gasteiger partial charge is 0.396 e. The molecule has 1 nitrogen and oxygen atoms in total. The summed E-state index contributed by atoms with van der Waals surface area (Å²) in [7, 11) is 0. The fourth-order valence-electron chi connectivity index (χ4n) is 2.00. The smallest absolute Gasteiger partial charge is 0.0459 e. The standard InChI is InChI=1S/C14H30O/c1-4-5-6-10-14(12-15)11-8-7-9-13(2)3/h13-15H,4-12H2,1-3H3. The summed E-state index contributed by atoms with van der Waals surface area (Å²) in [5.74, 6) is 1.40. The molecule has 0 aromatic heterocycles. The number of aliphatic hydroxyl groups excluding tert-OH is 1. The number of rotatable bonds is 10. The molecule has 0 saturated heterocycles. The molecule has 0 radical (unpaired) electrons. The molecule has 1 N–H and O–H groups in total. The molecule has 1 heteroatoms.